The van der Waals surface area contributed by atoms with Gasteiger partial charge in [-0.1, -0.05) is 48.8 Å². The SMILES string of the molecule is CC/C=C(/C)CC/C=C(/C)CC/C=C(/C)CC. The van der Waals surface area contributed by atoms with Crippen molar-refractivity contribution in [3.05, 3.63) is 34.9 Å². The van der Waals surface area contributed by atoms with Crippen LogP contribution in [0.4, 0.5) is 0 Å². The van der Waals surface area contributed by atoms with Crippen molar-refractivity contribution in [3.63, 3.8) is 0 Å². The monoisotopic (exact) mass is 234 g/mol. The lowest BCUT2D eigenvalue weighted by molar-refractivity contribution is 0.908. The van der Waals surface area contributed by atoms with E-state index in [9.17, 15) is 0 Å². The molecule has 98 valence electrons. The van der Waals surface area contributed by atoms with Gasteiger partial charge >= 0.3 is 0 Å². The number of hydrogen-bond acceptors (Lipinski definition) is 0. The van der Waals surface area contributed by atoms with Crippen molar-refractivity contribution >= 4 is 0 Å². The molecule has 0 nitrogen and oxygen atoms in total. The van der Waals surface area contributed by atoms with Crippen LogP contribution in [0.25, 0.3) is 0 Å². The first-order valence-electron chi connectivity index (χ1n) is 7.07. The second kappa shape index (κ2) is 10.4. The predicted octanol–water partition coefficient (Wildman–Crippen LogP) is 6.21. The average Bonchev–Trinajstić information content (AvgIpc) is 2.29. The molecule has 0 N–H and O–H groups in total. The van der Waals surface area contributed by atoms with Crippen LogP contribution in [-0.2, 0) is 0 Å². The molecule has 17 heavy (non-hydrogen) atoms. The topological polar surface area (TPSA) is 0 Å². The molecule has 0 heteroatoms. The summed E-state index contributed by atoms with van der Waals surface area (Å²) in [5, 5.41) is 0. The highest BCUT2D eigenvalue weighted by molar-refractivity contribution is 5.05. The molecule has 0 unspecified atom stereocenters. The molecule has 0 aliphatic rings. The first-order valence-corrected chi connectivity index (χ1v) is 7.07. The molecule has 0 saturated heterocycles. The van der Waals surface area contributed by atoms with E-state index < -0.39 is 0 Å². The average molecular weight is 234 g/mol. The molecule has 0 bridgehead atoms. The van der Waals surface area contributed by atoms with E-state index >= 15 is 0 Å². The van der Waals surface area contributed by atoms with Crippen LogP contribution in [0, 0.1) is 0 Å². The van der Waals surface area contributed by atoms with E-state index in [1.807, 2.05) is 0 Å². The Morgan fingerprint density at radius 2 is 1.18 bits per heavy atom. The zero-order valence-electron chi connectivity index (χ0n) is 12.5. The van der Waals surface area contributed by atoms with Gasteiger partial charge in [0.05, 0.1) is 0 Å². The van der Waals surface area contributed by atoms with Gasteiger partial charge in [0.15, 0.2) is 0 Å². The Hall–Kier alpha value is -0.780. The highest BCUT2D eigenvalue weighted by Gasteiger charge is 1.91. The molecular formula is C17H30. The molecule has 0 saturated carbocycles. The van der Waals surface area contributed by atoms with E-state index in [2.05, 4.69) is 52.8 Å². The van der Waals surface area contributed by atoms with E-state index in [0.29, 0.717) is 0 Å². The molecule has 0 amide bonds. The second-order valence-electron chi connectivity index (χ2n) is 4.99. The lowest BCUT2D eigenvalue weighted by Gasteiger charge is -2.01. The maximum absolute atomic E-state index is 2.40. The van der Waals surface area contributed by atoms with Crippen molar-refractivity contribution in [2.75, 3.05) is 0 Å². The molecule has 0 atom stereocenters. The minimum absolute atomic E-state index is 1.16. The minimum Gasteiger partial charge on any atom is -0.0859 e. The second-order valence-corrected chi connectivity index (χ2v) is 4.99. The molecule has 0 spiro atoms. The molecule has 0 rings (SSSR count). The Morgan fingerprint density at radius 1 is 0.706 bits per heavy atom. The van der Waals surface area contributed by atoms with Crippen LogP contribution in [0.1, 0.15) is 73.1 Å². The quantitative estimate of drug-likeness (QED) is 0.438. The van der Waals surface area contributed by atoms with Gasteiger partial charge in [-0.3, -0.25) is 0 Å². The molecule has 0 aliphatic heterocycles. The Bertz CT molecular complexity index is 276. The Morgan fingerprint density at radius 3 is 1.65 bits per heavy atom. The Kier molecular flexibility index (Phi) is 9.90. The summed E-state index contributed by atoms with van der Waals surface area (Å²) in [6.07, 6.45) is 14.3. The van der Waals surface area contributed by atoms with Crippen LogP contribution in [0.3, 0.4) is 0 Å². The largest absolute Gasteiger partial charge is 0.0859 e. The molecule has 0 aliphatic carbocycles. The lowest BCUT2D eigenvalue weighted by Crippen LogP contribution is -1.81. The van der Waals surface area contributed by atoms with E-state index in [1.165, 1.54) is 48.8 Å². The highest BCUT2D eigenvalue weighted by atomic mass is 14.0. The molecular weight excluding hydrogens is 204 g/mol. The molecule has 0 aromatic heterocycles. The van der Waals surface area contributed by atoms with Crippen LogP contribution in [0.15, 0.2) is 34.9 Å². The number of hydrogen-bond donors (Lipinski definition) is 0. The maximum atomic E-state index is 2.40. The van der Waals surface area contributed by atoms with Gasteiger partial charge in [0, 0.05) is 0 Å². The summed E-state index contributed by atoms with van der Waals surface area (Å²) in [6, 6.07) is 0. The summed E-state index contributed by atoms with van der Waals surface area (Å²) in [5.74, 6) is 0. The van der Waals surface area contributed by atoms with Crippen molar-refractivity contribution in [2.24, 2.45) is 0 Å². The summed E-state index contributed by atoms with van der Waals surface area (Å²) in [5.41, 5.74) is 4.58. The minimum atomic E-state index is 1.16. The summed E-state index contributed by atoms with van der Waals surface area (Å²) < 4.78 is 0. The number of rotatable bonds is 8. The van der Waals surface area contributed by atoms with Gasteiger partial charge in [-0.25, -0.2) is 0 Å². The summed E-state index contributed by atoms with van der Waals surface area (Å²) >= 11 is 0. The molecule has 0 heterocycles. The van der Waals surface area contributed by atoms with Gasteiger partial charge in [0.2, 0.25) is 0 Å². The third-order valence-corrected chi connectivity index (χ3v) is 3.17. The van der Waals surface area contributed by atoms with Gasteiger partial charge in [-0.05, 0) is 59.3 Å². The summed E-state index contributed by atoms with van der Waals surface area (Å²) in [7, 11) is 0. The van der Waals surface area contributed by atoms with Gasteiger partial charge in [0.25, 0.3) is 0 Å². The molecule has 0 aromatic carbocycles. The van der Waals surface area contributed by atoms with Gasteiger partial charge in [-0.15, -0.1) is 0 Å². The van der Waals surface area contributed by atoms with Gasteiger partial charge in [-0.2, -0.15) is 0 Å². The third-order valence-electron chi connectivity index (χ3n) is 3.17. The first-order chi connectivity index (χ1) is 8.10. The van der Waals surface area contributed by atoms with Crippen LogP contribution in [-0.4, -0.2) is 0 Å². The van der Waals surface area contributed by atoms with Gasteiger partial charge < -0.3 is 0 Å². The molecule has 0 fully saturated rings. The van der Waals surface area contributed by atoms with Gasteiger partial charge in [0.1, 0.15) is 0 Å². The Labute approximate surface area is 109 Å². The smallest absolute Gasteiger partial charge is 0.0288 e. The van der Waals surface area contributed by atoms with E-state index in [-0.39, 0.29) is 0 Å². The van der Waals surface area contributed by atoms with Crippen LogP contribution < -0.4 is 0 Å². The fraction of sp³-hybridized carbons (Fsp3) is 0.647. The van der Waals surface area contributed by atoms with Crippen LogP contribution in [0.2, 0.25) is 0 Å². The van der Waals surface area contributed by atoms with Crippen molar-refractivity contribution < 1.29 is 0 Å². The summed E-state index contributed by atoms with van der Waals surface area (Å²) in [4.78, 5) is 0. The maximum Gasteiger partial charge on any atom is -0.0288 e. The van der Waals surface area contributed by atoms with Crippen molar-refractivity contribution in [2.45, 2.75) is 73.1 Å². The molecule has 0 radical (unpaired) electrons. The number of allylic oxidation sites excluding steroid dienone is 6. The van der Waals surface area contributed by atoms with Crippen molar-refractivity contribution in [3.8, 4) is 0 Å². The zero-order valence-corrected chi connectivity index (χ0v) is 12.5. The predicted molar refractivity (Wildman–Crippen MR) is 80.3 cm³/mol. The third kappa shape index (κ3) is 10.1. The van der Waals surface area contributed by atoms with E-state index in [0.717, 1.165) is 6.42 Å². The fourth-order valence-corrected chi connectivity index (χ4v) is 1.79. The van der Waals surface area contributed by atoms with Crippen LogP contribution >= 0.6 is 0 Å². The lowest BCUT2D eigenvalue weighted by atomic mass is 10.1. The van der Waals surface area contributed by atoms with Crippen molar-refractivity contribution in [1.82, 2.24) is 0 Å². The standard InChI is InChI=1S/C17H30/c1-6-10-16(4)12-9-14-17(5)13-8-11-15(3)7-2/h10-11,14H,6-9,12-13H2,1-5H3/b15-11-,16-10-,17-14-. The van der Waals surface area contributed by atoms with Crippen molar-refractivity contribution in [1.29, 1.82) is 0 Å². The van der Waals surface area contributed by atoms with Crippen LogP contribution in [0.5, 0.6) is 0 Å². The zero-order chi connectivity index (χ0) is 13.1. The normalized spacial score (nSPS) is 14.3. The fourth-order valence-electron chi connectivity index (χ4n) is 1.79. The highest BCUT2D eigenvalue weighted by Crippen LogP contribution is 2.12. The summed E-state index contributed by atoms with van der Waals surface area (Å²) in [6.45, 7) is 11.1. The Balaban J connectivity index is 3.83. The molecule has 0 aromatic rings. The van der Waals surface area contributed by atoms with E-state index in [1.54, 1.807) is 0 Å². The van der Waals surface area contributed by atoms with E-state index in [4.69, 9.17) is 0 Å². The first kappa shape index (κ1) is 16.2.